The zero-order valence-corrected chi connectivity index (χ0v) is 16.0. The van der Waals surface area contributed by atoms with Crippen LogP contribution in [0.4, 0.5) is 4.39 Å². The highest BCUT2D eigenvalue weighted by Gasteiger charge is 2.40. The molecule has 2 N–H and O–H groups in total. The fourth-order valence-corrected chi connectivity index (χ4v) is 4.19. The summed E-state index contributed by atoms with van der Waals surface area (Å²) in [6, 6.07) is 11.4. The van der Waals surface area contributed by atoms with Gasteiger partial charge in [0.05, 0.1) is 18.2 Å². The first kappa shape index (κ1) is 19.2. The number of nitrogens with zero attached hydrogens (tertiary/aromatic N) is 1. The minimum Gasteiger partial charge on any atom is -0.494 e. The largest absolute Gasteiger partial charge is 0.494 e. The van der Waals surface area contributed by atoms with E-state index in [9.17, 15) is 14.6 Å². The molecule has 4 rings (SSSR count). The second-order valence-electron chi connectivity index (χ2n) is 7.53. The van der Waals surface area contributed by atoms with Gasteiger partial charge in [-0.25, -0.2) is 4.39 Å². The quantitative estimate of drug-likeness (QED) is 0.845. The number of piperidine rings is 1. The number of hydrogen-bond donors (Lipinski definition) is 2. The molecule has 5 nitrogen and oxygen atoms in total. The van der Waals surface area contributed by atoms with Crippen LogP contribution in [0.5, 0.6) is 11.5 Å². The van der Waals surface area contributed by atoms with Crippen LogP contribution in [0.2, 0.25) is 0 Å². The van der Waals surface area contributed by atoms with E-state index in [2.05, 4.69) is 4.90 Å². The van der Waals surface area contributed by atoms with Crippen LogP contribution in [-0.2, 0) is 5.60 Å². The number of ether oxygens (including phenoxy) is 2. The Hall–Kier alpha value is -2.15. The zero-order valence-electron chi connectivity index (χ0n) is 16.0. The fraction of sp³-hybridized carbons (Fsp3) is 0.455. The highest BCUT2D eigenvalue weighted by atomic mass is 19.1. The molecule has 1 fully saturated rings. The van der Waals surface area contributed by atoms with Crippen LogP contribution in [0.25, 0.3) is 0 Å². The van der Waals surface area contributed by atoms with Crippen molar-refractivity contribution in [3.8, 4) is 11.5 Å². The lowest BCUT2D eigenvalue weighted by Gasteiger charge is -2.44. The van der Waals surface area contributed by atoms with E-state index in [4.69, 9.17) is 9.47 Å². The Kier molecular flexibility index (Phi) is 5.27. The van der Waals surface area contributed by atoms with Crippen LogP contribution in [0.3, 0.4) is 0 Å². The Morgan fingerprint density at radius 2 is 1.89 bits per heavy atom. The second-order valence-corrected chi connectivity index (χ2v) is 7.53. The predicted molar refractivity (Wildman–Crippen MR) is 103 cm³/mol. The molecule has 0 saturated carbocycles. The first-order chi connectivity index (χ1) is 13.5. The third kappa shape index (κ3) is 3.60. The first-order valence-electron chi connectivity index (χ1n) is 9.80. The monoisotopic (exact) mass is 387 g/mol. The van der Waals surface area contributed by atoms with Crippen LogP contribution in [0.15, 0.2) is 42.5 Å². The molecule has 2 heterocycles. The van der Waals surface area contributed by atoms with E-state index < -0.39 is 11.7 Å². The maximum atomic E-state index is 13.2. The molecule has 0 bridgehead atoms. The third-order valence-corrected chi connectivity index (χ3v) is 5.86. The topological polar surface area (TPSA) is 62.2 Å². The molecule has 1 saturated heterocycles. The predicted octanol–water partition coefficient (Wildman–Crippen LogP) is 3.00. The van der Waals surface area contributed by atoms with Crippen molar-refractivity contribution < 1.29 is 24.1 Å². The number of benzene rings is 2. The molecule has 0 radical (unpaired) electrons. The summed E-state index contributed by atoms with van der Waals surface area (Å²) in [6.45, 7) is 4.15. The smallest absolute Gasteiger partial charge is 0.128 e. The van der Waals surface area contributed by atoms with E-state index >= 15 is 0 Å². The molecule has 0 unspecified atom stereocenters. The lowest BCUT2D eigenvalue weighted by atomic mass is 9.83. The minimum absolute atomic E-state index is 0.164. The van der Waals surface area contributed by atoms with Crippen molar-refractivity contribution in [2.24, 2.45) is 0 Å². The van der Waals surface area contributed by atoms with E-state index in [1.54, 1.807) is 12.1 Å². The van der Waals surface area contributed by atoms with Gasteiger partial charge in [-0.3, -0.25) is 4.90 Å². The van der Waals surface area contributed by atoms with Crippen LogP contribution >= 0.6 is 0 Å². The molecule has 2 aliphatic heterocycles. The summed E-state index contributed by atoms with van der Waals surface area (Å²) in [5.41, 5.74) is 0.538. The Labute approximate surface area is 164 Å². The molecular formula is C22H26FNO4. The zero-order chi connectivity index (χ0) is 19.7. The van der Waals surface area contributed by atoms with Gasteiger partial charge in [-0.2, -0.15) is 0 Å². The molecule has 2 atom stereocenters. The van der Waals surface area contributed by atoms with E-state index in [0.29, 0.717) is 44.9 Å². The molecule has 6 heteroatoms. The molecule has 0 amide bonds. The van der Waals surface area contributed by atoms with Crippen LogP contribution in [-0.4, -0.2) is 47.5 Å². The summed E-state index contributed by atoms with van der Waals surface area (Å²) in [6.07, 6.45) is 0.395. The highest BCUT2D eigenvalue weighted by Crippen LogP contribution is 2.39. The van der Waals surface area contributed by atoms with E-state index in [1.165, 1.54) is 12.1 Å². The number of aliphatic hydroxyl groups excluding tert-OH is 1. The lowest BCUT2D eigenvalue weighted by Crippen LogP contribution is -2.52. The van der Waals surface area contributed by atoms with Gasteiger partial charge in [-0.05, 0) is 49.6 Å². The number of aliphatic hydroxyl groups is 2. The van der Waals surface area contributed by atoms with Crippen LogP contribution < -0.4 is 9.47 Å². The third-order valence-electron chi connectivity index (χ3n) is 5.86. The number of likely N-dealkylation sites (tertiary alicyclic amines) is 1. The fourth-order valence-electron chi connectivity index (χ4n) is 4.19. The number of fused-ring (bicyclic) bond motifs is 1. The molecule has 2 aromatic carbocycles. The SMILES string of the molecule is CCOc1ccc2c(c1)OC[C@@H](N1CCC(O)(c3ccc(F)cc3)CC1)[C@H]2O. The summed E-state index contributed by atoms with van der Waals surface area (Å²) >= 11 is 0. The van der Waals surface area contributed by atoms with Crippen molar-refractivity contribution in [3.63, 3.8) is 0 Å². The normalized spacial score (nSPS) is 24.3. The first-order valence-corrected chi connectivity index (χ1v) is 9.80. The molecule has 2 aliphatic rings. The number of halogens is 1. The number of hydrogen-bond acceptors (Lipinski definition) is 5. The van der Waals surface area contributed by atoms with E-state index in [1.807, 2.05) is 25.1 Å². The van der Waals surface area contributed by atoms with Gasteiger partial charge in [0.25, 0.3) is 0 Å². The van der Waals surface area contributed by atoms with Gasteiger partial charge in [-0.1, -0.05) is 12.1 Å². The Bertz CT molecular complexity index is 818. The molecule has 0 aromatic heterocycles. The maximum absolute atomic E-state index is 13.2. The van der Waals surface area contributed by atoms with Crippen molar-refractivity contribution in [3.05, 3.63) is 59.4 Å². The summed E-state index contributed by atoms with van der Waals surface area (Å²) in [5, 5.41) is 21.9. The minimum atomic E-state index is -0.963. The van der Waals surface area contributed by atoms with Gasteiger partial charge in [-0.15, -0.1) is 0 Å². The summed E-state index contributed by atoms with van der Waals surface area (Å²) in [5.74, 6) is 1.09. The standard InChI is InChI=1S/C22H26FNO4/c1-2-27-17-7-8-18-20(13-17)28-14-19(21(18)25)24-11-9-22(26,10-12-24)15-3-5-16(23)6-4-15/h3-8,13,19,21,25-26H,2,9-12,14H2,1H3/t19-,21+/m1/s1. The van der Waals surface area contributed by atoms with Crippen molar-refractivity contribution in [2.75, 3.05) is 26.3 Å². The average Bonchev–Trinajstić information content (AvgIpc) is 2.70. The van der Waals surface area contributed by atoms with Gasteiger partial charge >= 0.3 is 0 Å². The molecule has 2 aromatic rings. The molecule has 0 aliphatic carbocycles. The van der Waals surface area contributed by atoms with Crippen molar-refractivity contribution in [2.45, 2.75) is 37.5 Å². The average molecular weight is 387 g/mol. The van der Waals surface area contributed by atoms with Gasteiger partial charge in [0, 0.05) is 24.7 Å². The molecular weight excluding hydrogens is 361 g/mol. The molecule has 150 valence electrons. The number of rotatable bonds is 4. The maximum Gasteiger partial charge on any atom is 0.128 e. The Morgan fingerprint density at radius 1 is 1.18 bits per heavy atom. The summed E-state index contributed by atoms with van der Waals surface area (Å²) in [7, 11) is 0. The van der Waals surface area contributed by atoms with Crippen LogP contribution in [0, 0.1) is 5.82 Å². The molecule has 28 heavy (non-hydrogen) atoms. The Balaban J connectivity index is 1.44. The van der Waals surface area contributed by atoms with E-state index in [0.717, 1.165) is 16.9 Å². The van der Waals surface area contributed by atoms with Crippen molar-refractivity contribution in [1.29, 1.82) is 0 Å². The van der Waals surface area contributed by atoms with Gasteiger partial charge in [0.15, 0.2) is 0 Å². The Morgan fingerprint density at radius 3 is 2.57 bits per heavy atom. The van der Waals surface area contributed by atoms with Crippen LogP contribution in [0.1, 0.15) is 37.0 Å². The summed E-state index contributed by atoms with van der Waals surface area (Å²) < 4.78 is 24.6. The lowest BCUT2D eigenvalue weighted by molar-refractivity contribution is -0.0665. The summed E-state index contributed by atoms with van der Waals surface area (Å²) in [4.78, 5) is 2.17. The van der Waals surface area contributed by atoms with Gasteiger partial charge in [0.2, 0.25) is 0 Å². The van der Waals surface area contributed by atoms with Gasteiger partial charge < -0.3 is 19.7 Å². The molecule has 0 spiro atoms. The van der Waals surface area contributed by atoms with E-state index in [-0.39, 0.29) is 11.9 Å². The van der Waals surface area contributed by atoms with Crippen molar-refractivity contribution >= 4 is 0 Å². The van der Waals surface area contributed by atoms with Gasteiger partial charge in [0.1, 0.15) is 30.0 Å². The highest BCUT2D eigenvalue weighted by molar-refractivity contribution is 5.44. The second kappa shape index (κ2) is 7.70. The van der Waals surface area contributed by atoms with Crippen molar-refractivity contribution in [1.82, 2.24) is 4.90 Å².